The van der Waals surface area contributed by atoms with E-state index in [1.54, 1.807) is 24.3 Å². The second kappa shape index (κ2) is 8.29. The minimum Gasteiger partial charge on any atom is -0.478 e. The van der Waals surface area contributed by atoms with E-state index >= 15 is 0 Å². The topological polar surface area (TPSA) is 66.0 Å². The molecule has 4 aromatic rings. The summed E-state index contributed by atoms with van der Waals surface area (Å²) in [6.45, 7) is 2.33. The lowest BCUT2D eigenvalue weighted by molar-refractivity contribution is 0.0697. The number of carboxylic acid groups (broad SMARTS) is 1. The van der Waals surface area contributed by atoms with Crippen LogP contribution in [0.5, 0.6) is 0 Å². The van der Waals surface area contributed by atoms with Crippen molar-refractivity contribution in [3.63, 3.8) is 0 Å². The van der Waals surface area contributed by atoms with Crippen LogP contribution >= 0.6 is 0 Å². The summed E-state index contributed by atoms with van der Waals surface area (Å²) in [6.07, 6.45) is 1.81. The standard InChI is InChI=1S/C26H19FN2O2/c1-17-23(14-21(15-28)18-10-12-19(13-11-18)26(30)31)22-7-3-5-9-25(22)29(17)16-20-6-2-4-8-24(20)27/h2-14H,16H2,1H3,(H,30,31)/b21-14+. The summed E-state index contributed by atoms with van der Waals surface area (Å²) in [7, 11) is 0. The first-order valence-electron chi connectivity index (χ1n) is 9.76. The third-order valence-corrected chi connectivity index (χ3v) is 5.42. The van der Waals surface area contributed by atoms with Crippen LogP contribution in [0.1, 0.15) is 32.7 Å². The average Bonchev–Trinajstić information content (AvgIpc) is 3.04. The van der Waals surface area contributed by atoms with E-state index in [0.717, 1.165) is 22.2 Å². The summed E-state index contributed by atoms with van der Waals surface area (Å²) in [6, 6.07) is 23.0. The van der Waals surface area contributed by atoms with Gasteiger partial charge in [0.25, 0.3) is 0 Å². The quantitative estimate of drug-likeness (QED) is 0.417. The maximum Gasteiger partial charge on any atom is 0.335 e. The van der Waals surface area contributed by atoms with Gasteiger partial charge in [0, 0.05) is 27.7 Å². The first-order chi connectivity index (χ1) is 15.0. The Balaban J connectivity index is 1.84. The molecule has 0 saturated heterocycles. The highest BCUT2D eigenvalue weighted by Gasteiger charge is 2.15. The van der Waals surface area contributed by atoms with Crippen molar-refractivity contribution >= 4 is 28.5 Å². The van der Waals surface area contributed by atoms with Gasteiger partial charge in [-0.05, 0) is 42.8 Å². The third-order valence-electron chi connectivity index (χ3n) is 5.42. The molecule has 0 aliphatic carbocycles. The molecule has 0 bridgehead atoms. The van der Waals surface area contributed by atoms with Crippen LogP contribution in [0.3, 0.4) is 0 Å². The summed E-state index contributed by atoms with van der Waals surface area (Å²) in [5, 5.41) is 19.8. The van der Waals surface area contributed by atoms with Crippen LogP contribution in [0, 0.1) is 24.1 Å². The lowest BCUT2D eigenvalue weighted by Crippen LogP contribution is -2.03. The van der Waals surface area contributed by atoms with Crippen molar-refractivity contribution in [2.45, 2.75) is 13.5 Å². The van der Waals surface area contributed by atoms with E-state index in [2.05, 4.69) is 6.07 Å². The minimum absolute atomic E-state index is 0.165. The third kappa shape index (κ3) is 3.84. The number of carbonyl (C=O) groups is 1. The van der Waals surface area contributed by atoms with Crippen LogP contribution in [0.25, 0.3) is 22.6 Å². The van der Waals surface area contributed by atoms with Crippen molar-refractivity contribution in [2.24, 2.45) is 0 Å². The van der Waals surface area contributed by atoms with Crippen LogP contribution < -0.4 is 0 Å². The second-order valence-electron chi connectivity index (χ2n) is 7.25. The molecule has 31 heavy (non-hydrogen) atoms. The van der Waals surface area contributed by atoms with Crippen LogP contribution in [-0.4, -0.2) is 15.6 Å². The van der Waals surface area contributed by atoms with Crippen LogP contribution in [0.15, 0.2) is 72.8 Å². The molecule has 0 fully saturated rings. The van der Waals surface area contributed by atoms with Crippen molar-refractivity contribution in [2.75, 3.05) is 0 Å². The molecule has 152 valence electrons. The molecule has 0 aliphatic heterocycles. The molecule has 0 aliphatic rings. The molecular weight excluding hydrogens is 391 g/mol. The molecule has 1 heterocycles. The fraction of sp³-hybridized carbons (Fsp3) is 0.0769. The number of hydrogen-bond acceptors (Lipinski definition) is 2. The number of nitriles is 1. The zero-order chi connectivity index (χ0) is 22.0. The summed E-state index contributed by atoms with van der Waals surface area (Å²) in [5.41, 5.74) is 4.57. The van der Waals surface area contributed by atoms with Crippen LogP contribution in [0.4, 0.5) is 4.39 Å². The molecule has 5 heteroatoms. The molecule has 0 radical (unpaired) electrons. The molecule has 0 amide bonds. The number of hydrogen-bond donors (Lipinski definition) is 1. The van der Waals surface area contributed by atoms with E-state index < -0.39 is 5.97 Å². The normalized spacial score (nSPS) is 11.5. The number of para-hydroxylation sites is 1. The average molecular weight is 410 g/mol. The summed E-state index contributed by atoms with van der Waals surface area (Å²) in [4.78, 5) is 11.1. The Morgan fingerprint density at radius 3 is 2.35 bits per heavy atom. The van der Waals surface area contributed by atoms with E-state index in [1.165, 1.54) is 18.2 Å². The van der Waals surface area contributed by atoms with Crippen molar-refractivity contribution in [3.8, 4) is 6.07 Å². The van der Waals surface area contributed by atoms with Gasteiger partial charge in [0.05, 0.1) is 23.8 Å². The number of allylic oxidation sites excluding steroid dienone is 1. The zero-order valence-electron chi connectivity index (χ0n) is 16.8. The highest BCUT2D eigenvalue weighted by Crippen LogP contribution is 2.30. The van der Waals surface area contributed by atoms with Gasteiger partial charge >= 0.3 is 5.97 Å². The number of nitrogens with zero attached hydrogens (tertiary/aromatic N) is 2. The van der Waals surface area contributed by atoms with Gasteiger partial charge in [0.15, 0.2) is 0 Å². The first kappa shape index (κ1) is 20.1. The van der Waals surface area contributed by atoms with Gasteiger partial charge < -0.3 is 9.67 Å². The predicted octanol–water partition coefficient (Wildman–Crippen LogP) is 5.90. The van der Waals surface area contributed by atoms with E-state index in [0.29, 0.717) is 23.2 Å². The molecule has 4 rings (SSSR count). The minimum atomic E-state index is -1.01. The molecule has 0 saturated carbocycles. The number of benzene rings is 3. The van der Waals surface area contributed by atoms with E-state index in [4.69, 9.17) is 5.11 Å². The van der Waals surface area contributed by atoms with Gasteiger partial charge in [-0.25, -0.2) is 9.18 Å². The van der Waals surface area contributed by atoms with Crippen LogP contribution in [-0.2, 0) is 6.54 Å². The monoisotopic (exact) mass is 410 g/mol. The zero-order valence-corrected chi connectivity index (χ0v) is 16.8. The van der Waals surface area contributed by atoms with Crippen molar-refractivity contribution in [1.82, 2.24) is 4.57 Å². The highest BCUT2D eigenvalue weighted by molar-refractivity contribution is 5.99. The lowest BCUT2D eigenvalue weighted by Gasteiger charge is -2.09. The predicted molar refractivity (Wildman–Crippen MR) is 119 cm³/mol. The number of aromatic carboxylic acids is 1. The number of fused-ring (bicyclic) bond motifs is 1. The smallest absolute Gasteiger partial charge is 0.335 e. The number of aromatic nitrogens is 1. The van der Waals surface area contributed by atoms with E-state index in [1.807, 2.05) is 47.9 Å². The maximum atomic E-state index is 14.3. The molecule has 0 unspecified atom stereocenters. The molecular formula is C26H19FN2O2. The number of rotatable bonds is 5. The summed E-state index contributed by atoms with van der Waals surface area (Å²) < 4.78 is 16.3. The maximum absolute atomic E-state index is 14.3. The molecule has 0 atom stereocenters. The SMILES string of the molecule is Cc1c(/C=C(\C#N)c2ccc(C(=O)O)cc2)c2ccccc2n1Cc1ccccc1F. The van der Waals surface area contributed by atoms with Gasteiger partial charge in [-0.2, -0.15) is 5.26 Å². The van der Waals surface area contributed by atoms with Crippen LogP contribution in [0.2, 0.25) is 0 Å². The molecule has 1 N–H and O–H groups in total. The molecule has 4 nitrogen and oxygen atoms in total. The Morgan fingerprint density at radius 2 is 1.68 bits per heavy atom. The van der Waals surface area contributed by atoms with Gasteiger partial charge in [0.2, 0.25) is 0 Å². The fourth-order valence-corrected chi connectivity index (χ4v) is 3.76. The highest BCUT2D eigenvalue weighted by atomic mass is 19.1. The Labute approximate surface area is 179 Å². The van der Waals surface area contributed by atoms with Gasteiger partial charge in [-0.1, -0.05) is 48.5 Å². The van der Waals surface area contributed by atoms with Crippen molar-refractivity contribution in [3.05, 3.63) is 107 Å². The second-order valence-corrected chi connectivity index (χ2v) is 7.25. The van der Waals surface area contributed by atoms with Crippen molar-refractivity contribution < 1.29 is 14.3 Å². The van der Waals surface area contributed by atoms with Gasteiger partial charge in [0.1, 0.15) is 5.82 Å². The molecule has 1 aromatic heterocycles. The number of halogens is 1. The van der Waals surface area contributed by atoms with Crippen molar-refractivity contribution in [1.29, 1.82) is 5.26 Å². The largest absolute Gasteiger partial charge is 0.478 e. The summed E-state index contributed by atoms with van der Waals surface area (Å²) in [5.74, 6) is -1.27. The fourth-order valence-electron chi connectivity index (χ4n) is 3.76. The Hall–Kier alpha value is -4.17. The summed E-state index contributed by atoms with van der Waals surface area (Å²) >= 11 is 0. The number of carboxylic acids is 1. The molecule has 3 aromatic carbocycles. The lowest BCUT2D eigenvalue weighted by atomic mass is 10.0. The Bertz CT molecular complexity index is 1360. The molecule has 0 spiro atoms. The first-order valence-corrected chi connectivity index (χ1v) is 9.76. The van der Waals surface area contributed by atoms with E-state index in [9.17, 15) is 14.4 Å². The van der Waals surface area contributed by atoms with E-state index in [-0.39, 0.29) is 11.4 Å². The Kier molecular flexibility index (Phi) is 5.38. The Morgan fingerprint density at radius 1 is 1.03 bits per heavy atom. The van der Waals surface area contributed by atoms with Gasteiger partial charge in [-0.15, -0.1) is 0 Å². The van der Waals surface area contributed by atoms with Gasteiger partial charge in [-0.3, -0.25) is 0 Å².